The zero-order valence-electron chi connectivity index (χ0n) is 22.4. The molecule has 1 aromatic heterocycles. The zero-order valence-corrected chi connectivity index (χ0v) is 22.4. The highest BCUT2D eigenvalue weighted by Crippen LogP contribution is 2.23. The van der Waals surface area contributed by atoms with Crippen molar-refractivity contribution in [3.05, 3.63) is 41.5 Å². The van der Waals surface area contributed by atoms with Crippen LogP contribution in [0, 0.1) is 36.2 Å². The molecule has 1 saturated carbocycles. The molecular formula is C27H42F3N5O2. The van der Waals surface area contributed by atoms with E-state index in [1.165, 1.54) is 12.8 Å². The smallest absolute Gasteiger partial charge is 0.223 e. The summed E-state index contributed by atoms with van der Waals surface area (Å²) in [5, 5.41) is 14.9. The molecule has 0 bridgehead atoms. The minimum atomic E-state index is -0.907. The van der Waals surface area contributed by atoms with Gasteiger partial charge in [-0.15, -0.1) is 0 Å². The number of aliphatic hydroxyl groups excluding tert-OH is 1. The van der Waals surface area contributed by atoms with Crippen LogP contribution in [0.1, 0.15) is 65.0 Å². The van der Waals surface area contributed by atoms with E-state index in [9.17, 15) is 13.2 Å². The van der Waals surface area contributed by atoms with Gasteiger partial charge in [-0.25, -0.2) is 23.1 Å². The summed E-state index contributed by atoms with van der Waals surface area (Å²) in [6.45, 7) is 10.0. The second kappa shape index (κ2) is 15.6. The van der Waals surface area contributed by atoms with Gasteiger partial charge in [0.15, 0.2) is 11.6 Å². The molecule has 0 unspecified atom stereocenters. The molecule has 1 aliphatic carbocycles. The van der Waals surface area contributed by atoms with Gasteiger partial charge in [-0.2, -0.15) is 0 Å². The molecule has 2 fully saturated rings. The summed E-state index contributed by atoms with van der Waals surface area (Å²) in [7, 11) is 0. The van der Waals surface area contributed by atoms with Gasteiger partial charge >= 0.3 is 0 Å². The summed E-state index contributed by atoms with van der Waals surface area (Å²) < 4.78 is 43.8. The standard InChI is InChI=1S/C10H12F3N.C10H16N4O.C7H14O/c1-6(2)5-14-10-8(12)3-7(11)4-9(10)13;1-7-9(11)6-12-10(13-7)14-8-2-4-15-5-3-8;1-6-2-4-7(8)5-3-6/h3-4,6,14H,5H2,1-2H3;6,8H,2-5,11H2,1H3,(H,12,13,14);6-8H,2-5H2,1H3. The summed E-state index contributed by atoms with van der Waals surface area (Å²) in [5.74, 6) is -0.924. The van der Waals surface area contributed by atoms with Gasteiger partial charge in [-0.3, -0.25) is 0 Å². The van der Waals surface area contributed by atoms with Gasteiger partial charge in [0, 0.05) is 37.9 Å². The van der Waals surface area contributed by atoms with Crippen LogP contribution in [-0.2, 0) is 4.74 Å². The quantitative estimate of drug-likeness (QED) is 0.398. The second-order valence-electron chi connectivity index (χ2n) is 10.2. The molecular weight excluding hydrogens is 483 g/mol. The minimum Gasteiger partial charge on any atom is -0.396 e. The Labute approximate surface area is 218 Å². The number of halogens is 3. The molecule has 5 N–H and O–H groups in total. The number of hydrogen-bond acceptors (Lipinski definition) is 7. The van der Waals surface area contributed by atoms with Crippen LogP contribution in [0.5, 0.6) is 0 Å². The van der Waals surface area contributed by atoms with E-state index in [0.29, 0.717) is 36.4 Å². The molecule has 0 atom stereocenters. The molecule has 2 heterocycles. The van der Waals surface area contributed by atoms with Crippen LogP contribution >= 0.6 is 0 Å². The van der Waals surface area contributed by atoms with Crippen LogP contribution < -0.4 is 16.4 Å². The Morgan fingerprint density at radius 1 is 1.05 bits per heavy atom. The fraction of sp³-hybridized carbons (Fsp3) is 0.630. The van der Waals surface area contributed by atoms with Crippen molar-refractivity contribution in [3.8, 4) is 0 Å². The number of aliphatic hydroxyl groups is 1. The Kier molecular flexibility index (Phi) is 12.9. The van der Waals surface area contributed by atoms with E-state index >= 15 is 0 Å². The van der Waals surface area contributed by atoms with E-state index in [2.05, 4.69) is 27.5 Å². The van der Waals surface area contributed by atoms with Crippen LogP contribution in [0.15, 0.2) is 18.3 Å². The molecule has 37 heavy (non-hydrogen) atoms. The Morgan fingerprint density at radius 3 is 2.16 bits per heavy atom. The number of hydrogen-bond donors (Lipinski definition) is 4. The normalized spacial score (nSPS) is 19.8. The maximum Gasteiger partial charge on any atom is 0.223 e. The highest BCUT2D eigenvalue weighted by Gasteiger charge is 2.15. The minimum absolute atomic E-state index is 0.0196. The van der Waals surface area contributed by atoms with Gasteiger partial charge < -0.3 is 26.2 Å². The summed E-state index contributed by atoms with van der Waals surface area (Å²) in [6.07, 6.45) is 8.18. The molecule has 0 radical (unpaired) electrons. The number of nitrogen functional groups attached to an aromatic ring is 1. The molecule has 7 nitrogen and oxygen atoms in total. The highest BCUT2D eigenvalue weighted by atomic mass is 19.1. The van der Waals surface area contributed by atoms with Gasteiger partial charge in [0.05, 0.1) is 23.7 Å². The number of ether oxygens (including phenoxy) is 1. The van der Waals surface area contributed by atoms with Crippen molar-refractivity contribution in [3.63, 3.8) is 0 Å². The molecule has 2 aliphatic rings. The van der Waals surface area contributed by atoms with E-state index in [1.807, 2.05) is 20.8 Å². The third-order valence-electron chi connectivity index (χ3n) is 6.25. The monoisotopic (exact) mass is 525 g/mol. The number of nitrogens with zero attached hydrogens (tertiary/aromatic N) is 2. The van der Waals surface area contributed by atoms with Crippen molar-refractivity contribution in [2.75, 3.05) is 36.1 Å². The van der Waals surface area contributed by atoms with Crippen LogP contribution in [0.2, 0.25) is 0 Å². The molecule has 2 aromatic rings. The van der Waals surface area contributed by atoms with Crippen LogP contribution in [0.4, 0.5) is 30.5 Å². The Balaban J connectivity index is 0.000000204. The van der Waals surface area contributed by atoms with Gasteiger partial charge in [-0.1, -0.05) is 20.8 Å². The Morgan fingerprint density at radius 2 is 1.65 bits per heavy atom. The van der Waals surface area contributed by atoms with E-state index in [-0.39, 0.29) is 17.7 Å². The van der Waals surface area contributed by atoms with Crippen molar-refractivity contribution in [1.29, 1.82) is 0 Å². The number of rotatable bonds is 5. The molecule has 1 aromatic carbocycles. The van der Waals surface area contributed by atoms with E-state index in [0.717, 1.165) is 50.5 Å². The third-order valence-corrected chi connectivity index (χ3v) is 6.25. The number of nitrogens with one attached hydrogen (secondary N) is 2. The maximum atomic E-state index is 13.0. The lowest BCUT2D eigenvalue weighted by Crippen LogP contribution is -2.28. The van der Waals surface area contributed by atoms with Crippen LogP contribution in [-0.4, -0.2) is 47.0 Å². The number of nitrogens with two attached hydrogens (primary N) is 1. The highest BCUT2D eigenvalue weighted by molar-refractivity contribution is 5.46. The van der Waals surface area contributed by atoms with Gasteiger partial charge in [-0.05, 0) is 57.3 Å². The van der Waals surface area contributed by atoms with Crippen molar-refractivity contribution < 1.29 is 23.0 Å². The second-order valence-corrected chi connectivity index (χ2v) is 10.2. The summed E-state index contributed by atoms with van der Waals surface area (Å²) >= 11 is 0. The number of benzene rings is 1. The van der Waals surface area contributed by atoms with Crippen molar-refractivity contribution in [2.45, 2.75) is 78.4 Å². The molecule has 1 aliphatic heterocycles. The summed E-state index contributed by atoms with van der Waals surface area (Å²) in [6, 6.07) is 1.74. The lowest BCUT2D eigenvalue weighted by atomic mass is 9.89. The maximum absolute atomic E-state index is 13.0. The Hall–Kier alpha value is -2.59. The topological polar surface area (TPSA) is 105 Å². The van der Waals surface area contributed by atoms with Crippen LogP contribution in [0.25, 0.3) is 0 Å². The van der Waals surface area contributed by atoms with Crippen molar-refractivity contribution >= 4 is 17.3 Å². The lowest BCUT2D eigenvalue weighted by molar-refractivity contribution is 0.0903. The average Bonchev–Trinajstić information content (AvgIpc) is 2.84. The fourth-order valence-corrected chi connectivity index (χ4v) is 3.83. The first-order valence-electron chi connectivity index (χ1n) is 13.0. The first-order chi connectivity index (χ1) is 17.5. The molecule has 4 rings (SSSR count). The molecule has 10 heteroatoms. The summed E-state index contributed by atoms with van der Waals surface area (Å²) in [4.78, 5) is 8.42. The summed E-state index contributed by atoms with van der Waals surface area (Å²) in [5.41, 5.74) is 6.84. The van der Waals surface area contributed by atoms with Crippen molar-refractivity contribution in [2.24, 2.45) is 11.8 Å². The third kappa shape index (κ3) is 11.6. The number of aryl methyl sites for hydroxylation is 1. The van der Waals surface area contributed by atoms with Gasteiger partial charge in [0.1, 0.15) is 11.5 Å². The predicted molar refractivity (Wildman–Crippen MR) is 142 cm³/mol. The largest absolute Gasteiger partial charge is 0.396 e. The van der Waals surface area contributed by atoms with Gasteiger partial charge in [0.2, 0.25) is 5.95 Å². The SMILES string of the molecule is CC(C)CNc1c(F)cc(F)cc1F.CC1CCC(O)CC1.Cc1nc(NC2CCOCC2)ncc1N. The van der Waals surface area contributed by atoms with E-state index in [1.54, 1.807) is 6.20 Å². The number of anilines is 3. The molecule has 1 saturated heterocycles. The zero-order chi connectivity index (χ0) is 27.4. The fourth-order valence-electron chi connectivity index (χ4n) is 3.83. The molecule has 0 spiro atoms. The first kappa shape index (κ1) is 30.6. The molecule has 0 amide bonds. The van der Waals surface area contributed by atoms with Gasteiger partial charge in [0.25, 0.3) is 0 Å². The van der Waals surface area contributed by atoms with E-state index in [4.69, 9.17) is 15.6 Å². The molecule has 208 valence electrons. The number of aromatic nitrogens is 2. The average molecular weight is 526 g/mol. The van der Waals surface area contributed by atoms with Crippen LogP contribution in [0.3, 0.4) is 0 Å². The Bertz CT molecular complexity index is 917. The lowest BCUT2D eigenvalue weighted by Gasteiger charge is -2.23. The van der Waals surface area contributed by atoms with Crippen molar-refractivity contribution in [1.82, 2.24) is 9.97 Å². The first-order valence-corrected chi connectivity index (χ1v) is 13.0. The van der Waals surface area contributed by atoms with E-state index < -0.39 is 17.5 Å². The predicted octanol–water partition coefficient (Wildman–Crippen LogP) is 5.69.